The van der Waals surface area contributed by atoms with Crippen LogP contribution < -0.4 is 9.62 Å². The number of sulfonamides is 1. The van der Waals surface area contributed by atoms with E-state index in [1.54, 1.807) is 43.3 Å². The lowest BCUT2D eigenvalue weighted by Crippen LogP contribution is -2.31. The normalized spacial score (nSPS) is 12.3. The largest absolute Gasteiger partial charge is 0.467 e. The number of para-hydroxylation sites is 1. The van der Waals surface area contributed by atoms with Crippen molar-refractivity contribution < 1.29 is 22.7 Å². The van der Waals surface area contributed by atoms with Crippen molar-refractivity contribution in [2.75, 3.05) is 17.4 Å². The molecule has 0 fully saturated rings. The summed E-state index contributed by atoms with van der Waals surface area (Å²) in [6.07, 6.45) is 0.440. The predicted molar refractivity (Wildman–Crippen MR) is 109 cm³/mol. The third-order valence-electron chi connectivity index (χ3n) is 4.34. The first kappa shape index (κ1) is 20.6. The molecule has 7 nitrogen and oxygen atoms in total. The fourth-order valence-electron chi connectivity index (χ4n) is 2.88. The van der Waals surface area contributed by atoms with Crippen LogP contribution in [0.4, 0.5) is 5.69 Å². The van der Waals surface area contributed by atoms with Gasteiger partial charge in [-0.05, 0) is 49.4 Å². The van der Waals surface area contributed by atoms with E-state index in [2.05, 4.69) is 5.32 Å². The van der Waals surface area contributed by atoms with Crippen LogP contribution in [-0.4, -0.2) is 32.5 Å². The van der Waals surface area contributed by atoms with Gasteiger partial charge in [0.25, 0.3) is 15.9 Å². The van der Waals surface area contributed by atoms with Crippen molar-refractivity contribution in [1.82, 2.24) is 5.32 Å². The van der Waals surface area contributed by atoms with Gasteiger partial charge in [0.15, 0.2) is 0 Å². The quantitative estimate of drug-likeness (QED) is 0.590. The number of anilines is 1. The number of hydrogen-bond acceptors (Lipinski definition) is 5. The first-order chi connectivity index (χ1) is 13.9. The standard InChI is InChI=1S/C21H22N2O5S/c1-2-23(17-9-4-3-5-10-17)29(26,27)18-11-6-8-16(14-18)21(25)22-15-19(24)20-12-7-13-28-20/h3-14,19,24H,2,15H2,1H3,(H,22,25). The van der Waals surface area contributed by atoms with Crippen molar-refractivity contribution in [3.63, 3.8) is 0 Å². The Morgan fingerprint density at radius 3 is 2.52 bits per heavy atom. The van der Waals surface area contributed by atoms with Gasteiger partial charge in [0, 0.05) is 12.1 Å². The second kappa shape index (κ2) is 8.93. The fraction of sp³-hybridized carbons (Fsp3) is 0.190. The van der Waals surface area contributed by atoms with Crippen LogP contribution in [0.2, 0.25) is 0 Å². The van der Waals surface area contributed by atoms with Crippen LogP contribution in [0.25, 0.3) is 0 Å². The van der Waals surface area contributed by atoms with Gasteiger partial charge in [-0.2, -0.15) is 0 Å². The van der Waals surface area contributed by atoms with Crippen molar-refractivity contribution in [2.45, 2.75) is 17.9 Å². The maximum Gasteiger partial charge on any atom is 0.264 e. The van der Waals surface area contributed by atoms with Crippen LogP contribution in [0, 0.1) is 0 Å². The minimum absolute atomic E-state index is 0.0161. The molecule has 0 radical (unpaired) electrons. The minimum Gasteiger partial charge on any atom is -0.467 e. The van der Waals surface area contributed by atoms with E-state index in [1.807, 2.05) is 6.07 Å². The summed E-state index contributed by atoms with van der Waals surface area (Å²) in [5.74, 6) is -0.154. The lowest BCUT2D eigenvalue weighted by Gasteiger charge is -2.23. The number of benzene rings is 2. The highest BCUT2D eigenvalue weighted by molar-refractivity contribution is 7.92. The summed E-state index contributed by atoms with van der Waals surface area (Å²) < 4.78 is 32.6. The molecule has 0 aliphatic carbocycles. The number of aliphatic hydroxyl groups excluding tert-OH is 1. The SMILES string of the molecule is CCN(c1ccccc1)S(=O)(=O)c1cccc(C(=O)NCC(O)c2ccco2)c1. The Morgan fingerprint density at radius 2 is 1.86 bits per heavy atom. The highest BCUT2D eigenvalue weighted by Gasteiger charge is 2.24. The van der Waals surface area contributed by atoms with Gasteiger partial charge in [0.1, 0.15) is 11.9 Å². The van der Waals surface area contributed by atoms with Crippen molar-refractivity contribution in [2.24, 2.45) is 0 Å². The predicted octanol–water partition coefficient (Wildman–Crippen LogP) is 2.96. The molecule has 2 N–H and O–H groups in total. The summed E-state index contributed by atoms with van der Waals surface area (Å²) >= 11 is 0. The zero-order valence-electron chi connectivity index (χ0n) is 15.9. The van der Waals surface area contributed by atoms with E-state index in [9.17, 15) is 18.3 Å². The molecule has 0 saturated heterocycles. The molecule has 1 heterocycles. The van der Waals surface area contributed by atoms with Gasteiger partial charge in [0.05, 0.1) is 23.4 Å². The summed E-state index contributed by atoms with van der Waals surface area (Å²) in [6.45, 7) is 1.93. The third-order valence-corrected chi connectivity index (χ3v) is 6.24. The molecule has 0 saturated carbocycles. The van der Waals surface area contributed by atoms with Gasteiger partial charge < -0.3 is 14.8 Å². The zero-order valence-corrected chi connectivity index (χ0v) is 16.7. The number of carbonyl (C=O) groups is 1. The average molecular weight is 414 g/mol. The molecule has 0 aliphatic rings. The monoisotopic (exact) mass is 414 g/mol. The fourth-order valence-corrected chi connectivity index (χ4v) is 4.40. The van der Waals surface area contributed by atoms with Crippen molar-refractivity contribution in [3.05, 3.63) is 84.3 Å². The lowest BCUT2D eigenvalue weighted by molar-refractivity contribution is 0.0901. The first-order valence-corrected chi connectivity index (χ1v) is 10.5. The van der Waals surface area contributed by atoms with Crippen LogP contribution in [0.5, 0.6) is 0 Å². The highest BCUT2D eigenvalue weighted by Crippen LogP contribution is 2.24. The van der Waals surface area contributed by atoms with Crippen LogP contribution in [0.3, 0.4) is 0 Å². The molecule has 0 bridgehead atoms. The molecule has 0 aliphatic heterocycles. The maximum absolute atomic E-state index is 13.1. The second-order valence-corrected chi connectivity index (χ2v) is 8.14. The number of nitrogens with zero attached hydrogens (tertiary/aromatic N) is 1. The molecule has 3 rings (SSSR count). The van der Waals surface area contributed by atoms with Gasteiger partial charge in [-0.3, -0.25) is 9.10 Å². The Balaban J connectivity index is 1.78. The van der Waals surface area contributed by atoms with Crippen LogP contribution in [0.15, 0.2) is 82.3 Å². The summed E-state index contributed by atoms with van der Waals surface area (Å²) in [5, 5.41) is 12.6. The number of rotatable bonds is 8. The van der Waals surface area contributed by atoms with Gasteiger partial charge in [-0.15, -0.1) is 0 Å². The number of carbonyl (C=O) groups excluding carboxylic acids is 1. The molecule has 3 aromatic rings. The van der Waals surface area contributed by atoms with Gasteiger partial charge in [-0.1, -0.05) is 24.3 Å². The van der Waals surface area contributed by atoms with Crippen LogP contribution in [0.1, 0.15) is 29.1 Å². The minimum atomic E-state index is -3.84. The molecule has 1 aromatic heterocycles. The number of aliphatic hydroxyl groups is 1. The van der Waals surface area contributed by atoms with Gasteiger partial charge in [-0.25, -0.2) is 8.42 Å². The van der Waals surface area contributed by atoms with E-state index in [1.165, 1.54) is 34.8 Å². The molecule has 152 valence electrons. The van der Waals surface area contributed by atoms with Gasteiger partial charge >= 0.3 is 0 Å². The van der Waals surface area contributed by atoms with Crippen molar-refractivity contribution in [3.8, 4) is 0 Å². The van der Waals surface area contributed by atoms with Crippen LogP contribution in [-0.2, 0) is 10.0 Å². The Kier molecular flexibility index (Phi) is 6.36. The Morgan fingerprint density at radius 1 is 1.10 bits per heavy atom. The van der Waals surface area contributed by atoms with Crippen LogP contribution >= 0.6 is 0 Å². The molecule has 1 unspecified atom stereocenters. The second-order valence-electron chi connectivity index (χ2n) is 6.27. The maximum atomic E-state index is 13.1. The summed E-state index contributed by atoms with van der Waals surface area (Å²) in [6, 6.07) is 17.8. The van der Waals surface area contributed by atoms with E-state index < -0.39 is 22.0 Å². The van der Waals surface area contributed by atoms with Crippen molar-refractivity contribution in [1.29, 1.82) is 0 Å². The van der Waals surface area contributed by atoms with E-state index >= 15 is 0 Å². The van der Waals surface area contributed by atoms with Crippen molar-refractivity contribution >= 4 is 21.6 Å². The number of hydrogen-bond donors (Lipinski definition) is 2. The van der Waals surface area contributed by atoms with Gasteiger partial charge in [0.2, 0.25) is 0 Å². The molecule has 1 atom stereocenters. The molecular weight excluding hydrogens is 392 g/mol. The van der Waals surface area contributed by atoms with E-state index in [4.69, 9.17) is 4.42 Å². The summed E-state index contributed by atoms with van der Waals surface area (Å²) in [7, 11) is -3.84. The zero-order chi connectivity index (χ0) is 20.9. The average Bonchev–Trinajstić information content (AvgIpc) is 3.28. The Bertz CT molecular complexity index is 1050. The van der Waals surface area contributed by atoms with E-state index in [0.717, 1.165) is 0 Å². The molecule has 2 aromatic carbocycles. The molecular formula is C21H22N2O5S. The third kappa shape index (κ3) is 4.67. The molecule has 1 amide bonds. The number of furan rings is 1. The lowest BCUT2D eigenvalue weighted by atomic mass is 10.2. The van der Waals surface area contributed by atoms with E-state index in [0.29, 0.717) is 11.4 Å². The topological polar surface area (TPSA) is 99.9 Å². The Labute approximate surface area is 169 Å². The molecule has 0 spiro atoms. The number of amides is 1. The molecule has 8 heteroatoms. The first-order valence-electron chi connectivity index (χ1n) is 9.11. The molecule has 29 heavy (non-hydrogen) atoms. The summed E-state index contributed by atoms with van der Waals surface area (Å²) in [5.41, 5.74) is 0.730. The summed E-state index contributed by atoms with van der Waals surface area (Å²) in [4.78, 5) is 12.5. The number of nitrogens with one attached hydrogen (secondary N) is 1. The van der Waals surface area contributed by atoms with E-state index in [-0.39, 0.29) is 23.5 Å². The smallest absolute Gasteiger partial charge is 0.264 e. The highest BCUT2D eigenvalue weighted by atomic mass is 32.2. The Hall–Kier alpha value is -3.10.